The quantitative estimate of drug-likeness (QED) is 0.778. The highest BCUT2D eigenvalue weighted by Gasteiger charge is 2.26. The molecule has 0 spiro atoms. The maximum Gasteiger partial charge on any atom is 0.131 e. The number of rotatable bonds is 7. The van der Waals surface area contributed by atoms with E-state index in [1.807, 2.05) is 0 Å². The lowest BCUT2D eigenvalue weighted by Crippen LogP contribution is -2.35. The number of nitrogens with one attached hydrogen (secondary N) is 1. The summed E-state index contributed by atoms with van der Waals surface area (Å²) in [5.41, 5.74) is 2.55. The Morgan fingerprint density at radius 2 is 2.00 bits per heavy atom. The van der Waals surface area contributed by atoms with Crippen LogP contribution in [0.1, 0.15) is 57.2 Å². The van der Waals surface area contributed by atoms with Crippen molar-refractivity contribution in [3.63, 3.8) is 0 Å². The van der Waals surface area contributed by atoms with Crippen LogP contribution in [0.2, 0.25) is 0 Å². The van der Waals surface area contributed by atoms with Gasteiger partial charge in [-0.15, -0.1) is 0 Å². The van der Waals surface area contributed by atoms with E-state index in [4.69, 9.17) is 0 Å². The summed E-state index contributed by atoms with van der Waals surface area (Å²) in [6.07, 6.45) is 6.59. The summed E-state index contributed by atoms with van der Waals surface area (Å²) >= 11 is 0. The van der Waals surface area contributed by atoms with E-state index >= 15 is 0 Å². The highest BCUT2D eigenvalue weighted by atomic mass is 15.4. The van der Waals surface area contributed by atoms with E-state index in [9.17, 15) is 0 Å². The molecule has 1 saturated carbocycles. The van der Waals surface area contributed by atoms with E-state index in [0.29, 0.717) is 6.04 Å². The van der Waals surface area contributed by atoms with Crippen LogP contribution in [0.4, 0.5) is 5.82 Å². The van der Waals surface area contributed by atoms with Crippen LogP contribution in [-0.4, -0.2) is 28.9 Å². The monoisotopic (exact) mass is 278 g/mol. The summed E-state index contributed by atoms with van der Waals surface area (Å²) in [6.45, 7) is 9.69. The predicted molar refractivity (Wildman–Crippen MR) is 85.2 cm³/mol. The van der Waals surface area contributed by atoms with E-state index in [1.54, 1.807) is 0 Å². The van der Waals surface area contributed by atoms with Crippen LogP contribution in [-0.2, 0) is 13.6 Å². The van der Waals surface area contributed by atoms with Gasteiger partial charge in [0.1, 0.15) is 5.82 Å². The fraction of sp³-hybridized carbons (Fsp3) is 0.812. The smallest absolute Gasteiger partial charge is 0.131 e. The lowest BCUT2D eigenvalue weighted by Gasteiger charge is -2.30. The Kier molecular flexibility index (Phi) is 5.46. The lowest BCUT2D eigenvalue weighted by atomic mass is 10.1. The zero-order valence-corrected chi connectivity index (χ0v) is 13.6. The zero-order valence-electron chi connectivity index (χ0n) is 13.6. The fourth-order valence-electron chi connectivity index (χ4n) is 3.44. The van der Waals surface area contributed by atoms with E-state index in [2.05, 4.69) is 47.8 Å². The van der Waals surface area contributed by atoms with Crippen molar-refractivity contribution in [2.75, 3.05) is 18.0 Å². The topological polar surface area (TPSA) is 33.1 Å². The van der Waals surface area contributed by atoms with Gasteiger partial charge in [-0.3, -0.25) is 4.68 Å². The molecule has 0 unspecified atom stereocenters. The summed E-state index contributed by atoms with van der Waals surface area (Å²) in [6, 6.07) is 0.708. The number of hydrogen-bond donors (Lipinski definition) is 1. The average molecular weight is 278 g/mol. The molecule has 114 valence electrons. The van der Waals surface area contributed by atoms with Gasteiger partial charge >= 0.3 is 0 Å². The first-order valence-electron chi connectivity index (χ1n) is 8.18. The van der Waals surface area contributed by atoms with Crippen LogP contribution in [0, 0.1) is 6.92 Å². The van der Waals surface area contributed by atoms with Crippen LogP contribution >= 0.6 is 0 Å². The van der Waals surface area contributed by atoms with Crippen molar-refractivity contribution in [1.82, 2.24) is 15.1 Å². The molecule has 20 heavy (non-hydrogen) atoms. The summed E-state index contributed by atoms with van der Waals surface area (Å²) < 4.78 is 2.08. The number of aryl methyl sites for hydroxylation is 2. The third kappa shape index (κ3) is 3.17. The van der Waals surface area contributed by atoms with Crippen molar-refractivity contribution in [1.29, 1.82) is 0 Å². The molecule has 2 rings (SSSR count). The van der Waals surface area contributed by atoms with Crippen molar-refractivity contribution < 1.29 is 0 Å². The second-order valence-corrected chi connectivity index (χ2v) is 5.91. The SMILES string of the molecule is CCCNCc1c(C)nn(C)c1N(CC)C1CCCC1. The van der Waals surface area contributed by atoms with E-state index < -0.39 is 0 Å². The predicted octanol–water partition coefficient (Wildman–Crippen LogP) is 3.00. The molecule has 0 saturated heterocycles. The summed E-state index contributed by atoms with van der Waals surface area (Å²) in [7, 11) is 2.09. The van der Waals surface area contributed by atoms with Crippen LogP contribution in [0.3, 0.4) is 0 Å². The highest BCUT2D eigenvalue weighted by Crippen LogP contribution is 2.31. The standard InChI is InChI=1S/C16H30N4/c1-5-11-17-12-15-13(3)18-19(4)16(15)20(6-2)14-9-7-8-10-14/h14,17H,5-12H2,1-4H3. The van der Waals surface area contributed by atoms with Gasteiger partial charge < -0.3 is 10.2 Å². The first kappa shape index (κ1) is 15.4. The van der Waals surface area contributed by atoms with Gasteiger partial charge in [0.15, 0.2) is 0 Å². The van der Waals surface area contributed by atoms with Crippen molar-refractivity contribution >= 4 is 5.82 Å². The molecular formula is C16H30N4. The highest BCUT2D eigenvalue weighted by molar-refractivity contribution is 5.51. The maximum atomic E-state index is 4.67. The van der Waals surface area contributed by atoms with Gasteiger partial charge in [-0.25, -0.2) is 0 Å². The van der Waals surface area contributed by atoms with E-state index in [0.717, 1.165) is 19.6 Å². The van der Waals surface area contributed by atoms with Crippen LogP contribution in [0.15, 0.2) is 0 Å². The van der Waals surface area contributed by atoms with Gasteiger partial charge in [0.25, 0.3) is 0 Å². The number of aromatic nitrogens is 2. The average Bonchev–Trinajstić information content (AvgIpc) is 3.03. The largest absolute Gasteiger partial charge is 0.354 e. The Morgan fingerprint density at radius 1 is 1.30 bits per heavy atom. The van der Waals surface area contributed by atoms with Crippen molar-refractivity contribution in [3.05, 3.63) is 11.3 Å². The molecule has 1 fully saturated rings. The minimum Gasteiger partial charge on any atom is -0.354 e. The van der Waals surface area contributed by atoms with Crippen molar-refractivity contribution in [3.8, 4) is 0 Å². The Balaban J connectivity index is 2.23. The molecule has 1 N–H and O–H groups in total. The Bertz CT molecular complexity index is 418. The molecule has 1 aromatic heterocycles. The normalized spacial score (nSPS) is 16.0. The third-order valence-corrected chi connectivity index (χ3v) is 4.42. The molecule has 0 bridgehead atoms. The van der Waals surface area contributed by atoms with Gasteiger partial charge in [0, 0.05) is 31.7 Å². The molecule has 1 aliphatic rings. The fourth-order valence-corrected chi connectivity index (χ4v) is 3.44. The molecule has 0 radical (unpaired) electrons. The first-order chi connectivity index (χ1) is 9.69. The molecular weight excluding hydrogens is 248 g/mol. The van der Waals surface area contributed by atoms with Crippen LogP contribution in [0.25, 0.3) is 0 Å². The lowest BCUT2D eigenvalue weighted by molar-refractivity contribution is 0.586. The molecule has 0 atom stereocenters. The second kappa shape index (κ2) is 7.11. The summed E-state index contributed by atoms with van der Waals surface area (Å²) in [4.78, 5) is 2.58. The van der Waals surface area contributed by atoms with Crippen molar-refractivity contribution in [2.24, 2.45) is 7.05 Å². The number of hydrogen-bond acceptors (Lipinski definition) is 3. The second-order valence-electron chi connectivity index (χ2n) is 5.91. The molecule has 1 heterocycles. The zero-order chi connectivity index (χ0) is 14.5. The van der Waals surface area contributed by atoms with Crippen LogP contribution in [0.5, 0.6) is 0 Å². The van der Waals surface area contributed by atoms with E-state index in [-0.39, 0.29) is 0 Å². The van der Waals surface area contributed by atoms with Crippen LogP contribution < -0.4 is 10.2 Å². The molecule has 1 aromatic rings. The number of nitrogens with zero attached hydrogens (tertiary/aromatic N) is 3. The number of anilines is 1. The Labute approximate surface area is 123 Å². The Hall–Kier alpha value is -1.03. The first-order valence-corrected chi connectivity index (χ1v) is 8.18. The minimum absolute atomic E-state index is 0.708. The van der Waals surface area contributed by atoms with Crippen molar-refractivity contribution in [2.45, 2.75) is 65.5 Å². The molecule has 0 amide bonds. The van der Waals surface area contributed by atoms with Gasteiger partial charge in [0.2, 0.25) is 0 Å². The summed E-state index contributed by atoms with van der Waals surface area (Å²) in [5.74, 6) is 1.33. The molecule has 4 heteroatoms. The van der Waals surface area contributed by atoms with Gasteiger partial charge in [-0.2, -0.15) is 5.10 Å². The maximum absolute atomic E-state index is 4.67. The molecule has 0 aromatic carbocycles. The Morgan fingerprint density at radius 3 is 2.60 bits per heavy atom. The minimum atomic E-state index is 0.708. The molecule has 1 aliphatic carbocycles. The molecule has 0 aliphatic heterocycles. The van der Waals surface area contributed by atoms with E-state index in [1.165, 1.54) is 49.2 Å². The van der Waals surface area contributed by atoms with Gasteiger partial charge in [-0.1, -0.05) is 19.8 Å². The summed E-state index contributed by atoms with van der Waals surface area (Å²) in [5, 5.41) is 8.20. The molecule has 4 nitrogen and oxygen atoms in total. The van der Waals surface area contributed by atoms with Gasteiger partial charge in [-0.05, 0) is 39.7 Å². The third-order valence-electron chi connectivity index (χ3n) is 4.42. The van der Waals surface area contributed by atoms with Gasteiger partial charge in [0.05, 0.1) is 5.69 Å².